The Bertz CT molecular complexity index is 1040. The van der Waals surface area contributed by atoms with Gasteiger partial charge >= 0.3 is 0 Å². The highest BCUT2D eigenvalue weighted by Gasteiger charge is 2.07. The molecule has 0 amide bonds. The molecule has 0 N–H and O–H groups in total. The zero-order valence-corrected chi connectivity index (χ0v) is 17.9. The maximum absolute atomic E-state index is 13.9. The van der Waals surface area contributed by atoms with Gasteiger partial charge in [-0.15, -0.1) is 0 Å². The molecule has 0 aliphatic heterocycles. The first-order valence-corrected chi connectivity index (χ1v) is 9.63. The van der Waals surface area contributed by atoms with Crippen molar-refractivity contribution in [2.24, 2.45) is 0 Å². The molecule has 0 aliphatic rings. The van der Waals surface area contributed by atoms with E-state index in [9.17, 15) is 4.39 Å². The minimum atomic E-state index is -0.262. The quantitative estimate of drug-likeness (QED) is 0.439. The third kappa shape index (κ3) is 6.52. The predicted molar refractivity (Wildman–Crippen MR) is 123 cm³/mol. The summed E-state index contributed by atoms with van der Waals surface area (Å²) < 4.78 is 18.7. The van der Waals surface area contributed by atoms with Gasteiger partial charge < -0.3 is 4.74 Å². The van der Waals surface area contributed by atoms with E-state index in [2.05, 4.69) is 16.5 Å². The molecule has 0 saturated carbocycles. The Labute approximate surface area is 178 Å². The lowest BCUT2D eigenvalue weighted by Gasteiger charge is -2.07. The number of halogens is 1. The van der Waals surface area contributed by atoms with Crippen molar-refractivity contribution < 1.29 is 9.13 Å². The Hall–Kier alpha value is -3.53. The molecule has 0 radical (unpaired) electrons. The molecule has 1 aromatic carbocycles. The summed E-state index contributed by atoms with van der Waals surface area (Å²) in [6.45, 7) is 9.73. The van der Waals surface area contributed by atoms with Crippen molar-refractivity contribution in [1.29, 1.82) is 0 Å². The fraction of sp³-hybridized carbons (Fsp3) is 0.154. The SMILES string of the molecule is C=C/C(C)=C\C(=C/C)c1ccnc(-c2ccccc2F)c1.COc1ccc(C)cn1. The van der Waals surface area contributed by atoms with Crippen LogP contribution in [0, 0.1) is 12.7 Å². The summed E-state index contributed by atoms with van der Waals surface area (Å²) in [6.07, 6.45) is 9.36. The van der Waals surface area contributed by atoms with E-state index in [1.54, 1.807) is 31.6 Å². The van der Waals surface area contributed by atoms with E-state index in [4.69, 9.17) is 4.74 Å². The van der Waals surface area contributed by atoms with Gasteiger partial charge in [-0.05, 0) is 61.7 Å². The minimum absolute atomic E-state index is 0.262. The molecule has 0 unspecified atom stereocenters. The predicted octanol–water partition coefficient (Wildman–Crippen LogP) is 6.82. The van der Waals surface area contributed by atoms with E-state index in [0.717, 1.165) is 22.3 Å². The van der Waals surface area contributed by atoms with Crippen molar-refractivity contribution in [2.75, 3.05) is 7.11 Å². The standard InChI is InChI=1S/C19H18FN.C7H9NO/c1-4-14(3)12-15(5-2)16-10-11-21-19(13-16)17-8-6-7-9-18(17)20;1-6-3-4-7(9-2)8-5-6/h4-13H,1H2,2-3H3;3-5H,1-2H3/b14-12-,15-5+;. The monoisotopic (exact) mass is 402 g/mol. The van der Waals surface area contributed by atoms with E-state index in [1.807, 2.05) is 69.3 Å². The lowest BCUT2D eigenvalue weighted by Crippen LogP contribution is -1.90. The molecule has 2 heterocycles. The molecular formula is C26H27FN2O. The zero-order valence-electron chi connectivity index (χ0n) is 17.9. The number of nitrogens with zero attached hydrogens (tertiary/aromatic N) is 2. The number of allylic oxidation sites excluding steroid dienone is 5. The number of aryl methyl sites for hydroxylation is 1. The van der Waals surface area contributed by atoms with Crippen molar-refractivity contribution >= 4 is 5.57 Å². The second-order valence-electron chi connectivity index (χ2n) is 6.62. The fourth-order valence-electron chi connectivity index (χ4n) is 2.64. The minimum Gasteiger partial charge on any atom is -0.481 e. The van der Waals surface area contributed by atoms with E-state index in [0.29, 0.717) is 17.1 Å². The summed E-state index contributed by atoms with van der Waals surface area (Å²) in [5.74, 6) is 0.405. The van der Waals surface area contributed by atoms with E-state index in [1.165, 1.54) is 6.07 Å². The third-order valence-electron chi connectivity index (χ3n) is 4.35. The number of hydrogen-bond acceptors (Lipinski definition) is 3. The number of rotatable bonds is 5. The lowest BCUT2D eigenvalue weighted by atomic mass is 10.0. The molecule has 0 atom stereocenters. The average molecular weight is 403 g/mol. The Balaban J connectivity index is 0.000000297. The largest absolute Gasteiger partial charge is 0.481 e. The molecule has 30 heavy (non-hydrogen) atoms. The first-order valence-electron chi connectivity index (χ1n) is 9.63. The van der Waals surface area contributed by atoms with Crippen molar-refractivity contribution in [3.63, 3.8) is 0 Å². The molecule has 0 aliphatic carbocycles. The summed E-state index contributed by atoms with van der Waals surface area (Å²) >= 11 is 0. The summed E-state index contributed by atoms with van der Waals surface area (Å²) in [5.41, 5.74) is 5.44. The van der Waals surface area contributed by atoms with Gasteiger partial charge in [0.15, 0.2) is 0 Å². The Morgan fingerprint density at radius 3 is 2.47 bits per heavy atom. The molecular weight excluding hydrogens is 375 g/mol. The van der Waals surface area contributed by atoms with Gasteiger partial charge in [0.1, 0.15) is 5.82 Å². The zero-order chi connectivity index (χ0) is 21.9. The first-order chi connectivity index (χ1) is 14.5. The van der Waals surface area contributed by atoms with Gasteiger partial charge in [-0.2, -0.15) is 0 Å². The molecule has 0 spiro atoms. The van der Waals surface area contributed by atoms with Gasteiger partial charge in [0.25, 0.3) is 0 Å². The highest BCUT2D eigenvalue weighted by atomic mass is 19.1. The highest BCUT2D eigenvalue weighted by Crippen LogP contribution is 2.25. The summed E-state index contributed by atoms with van der Waals surface area (Å²) in [6, 6.07) is 14.3. The van der Waals surface area contributed by atoms with Crippen LogP contribution >= 0.6 is 0 Å². The fourth-order valence-corrected chi connectivity index (χ4v) is 2.64. The van der Waals surface area contributed by atoms with Crippen LogP contribution in [0.5, 0.6) is 5.88 Å². The topological polar surface area (TPSA) is 35.0 Å². The van der Waals surface area contributed by atoms with Gasteiger partial charge in [-0.1, -0.05) is 48.6 Å². The molecule has 154 valence electrons. The summed E-state index contributed by atoms with van der Waals surface area (Å²) in [4.78, 5) is 8.25. The third-order valence-corrected chi connectivity index (χ3v) is 4.35. The maximum Gasteiger partial charge on any atom is 0.212 e. The molecule has 0 saturated heterocycles. The number of pyridine rings is 2. The van der Waals surface area contributed by atoms with Crippen molar-refractivity contribution in [2.45, 2.75) is 20.8 Å². The van der Waals surface area contributed by atoms with Gasteiger partial charge in [0.2, 0.25) is 5.88 Å². The van der Waals surface area contributed by atoms with Crippen LogP contribution in [0.3, 0.4) is 0 Å². The van der Waals surface area contributed by atoms with Crippen LogP contribution < -0.4 is 4.74 Å². The van der Waals surface area contributed by atoms with Gasteiger partial charge in [-0.3, -0.25) is 4.98 Å². The molecule has 0 fully saturated rings. The van der Waals surface area contributed by atoms with Crippen LogP contribution in [0.1, 0.15) is 25.0 Å². The van der Waals surface area contributed by atoms with Gasteiger partial charge in [0, 0.05) is 24.0 Å². The van der Waals surface area contributed by atoms with Crippen LogP contribution in [0.4, 0.5) is 4.39 Å². The van der Waals surface area contributed by atoms with Crippen molar-refractivity contribution in [3.05, 3.63) is 108 Å². The Morgan fingerprint density at radius 2 is 1.87 bits per heavy atom. The van der Waals surface area contributed by atoms with Crippen LogP contribution in [0.25, 0.3) is 16.8 Å². The van der Waals surface area contributed by atoms with Crippen LogP contribution in [0.15, 0.2) is 91.3 Å². The number of benzene rings is 1. The maximum atomic E-state index is 13.9. The lowest BCUT2D eigenvalue weighted by molar-refractivity contribution is 0.397. The van der Waals surface area contributed by atoms with Crippen LogP contribution in [-0.2, 0) is 0 Å². The highest BCUT2D eigenvalue weighted by molar-refractivity contribution is 5.77. The number of methoxy groups -OCH3 is 1. The molecule has 3 rings (SSSR count). The van der Waals surface area contributed by atoms with E-state index < -0.39 is 0 Å². The van der Waals surface area contributed by atoms with E-state index >= 15 is 0 Å². The molecule has 3 aromatic rings. The number of aromatic nitrogens is 2. The Morgan fingerprint density at radius 1 is 1.10 bits per heavy atom. The second-order valence-corrected chi connectivity index (χ2v) is 6.62. The molecule has 4 heteroatoms. The van der Waals surface area contributed by atoms with Gasteiger partial charge in [-0.25, -0.2) is 9.37 Å². The molecule has 2 aromatic heterocycles. The number of ether oxygens (including phenoxy) is 1. The van der Waals surface area contributed by atoms with Crippen molar-refractivity contribution in [3.8, 4) is 17.1 Å². The molecule has 0 bridgehead atoms. The first kappa shape index (κ1) is 22.8. The number of hydrogen-bond donors (Lipinski definition) is 0. The van der Waals surface area contributed by atoms with Crippen LogP contribution in [-0.4, -0.2) is 17.1 Å². The summed E-state index contributed by atoms with van der Waals surface area (Å²) in [5, 5.41) is 0. The average Bonchev–Trinajstić information content (AvgIpc) is 2.78. The second kappa shape index (κ2) is 11.5. The van der Waals surface area contributed by atoms with Crippen LogP contribution in [0.2, 0.25) is 0 Å². The molecule has 3 nitrogen and oxygen atoms in total. The van der Waals surface area contributed by atoms with Gasteiger partial charge in [0.05, 0.1) is 12.8 Å². The Kier molecular flexibility index (Phi) is 8.70. The summed E-state index contributed by atoms with van der Waals surface area (Å²) in [7, 11) is 1.61. The smallest absolute Gasteiger partial charge is 0.212 e. The normalized spacial score (nSPS) is 11.4. The van der Waals surface area contributed by atoms with Crippen molar-refractivity contribution in [1.82, 2.24) is 9.97 Å². The van der Waals surface area contributed by atoms with E-state index in [-0.39, 0.29) is 5.82 Å².